The molecule has 0 radical (unpaired) electrons. The molecule has 1 aromatic carbocycles. The number of hydrogen-bond acceptors (Lipinski definition) is 5. The number of carbonyl (C=O) groups is 1. The van der Waals surface area contributed by atoms with Crippen LogP contribution in [0.25, 0.3) is 11.5 Å². The van der Waals surface area contributed by atoms with Gasteiger partial charge in [0.1, 0.15) is 6.10 Å². The molecule has 5 nitrogen and oxygen atoms in total. The quantitative estimate of drug-likeness (QED) is 0.239. The lowest BCUT2D eigenvalue weighted by Gasteiger charge is -2.72. The van der Waals surface area contributed by atoms with Crippen LogP contribution in [-0.2, 0) is 16.0 Å². The Bertz CT molecular complexity index is 1540. The summed E-state index contributed by atoms with van der Waals surface area (Å²) in [5.74, 6) is 3.65. The van der Waals surface area contributed by atoms with E-state index in [1.54, 1.807) is 18.1 Å². The standard InChI is InChI=1S/C40H55ClN2O3/c1-24(2)28-15-20-40(23-33-42-43-35(46-33)26-9-11-27(41)12-10-26)22-21-38(7)29(34(28)40)13-14-31-37(6)18-17-32(45-25(3)44)36(4,5)30(37)16-19-39(31,38)8/h9-12,24,29-32H,13-23H2,1-8H3/t29-,30+,31-,32+,37+,38-,39-,40-/m1/s1. The van der Waals surface area contributed by atoms with E-state index in [-0.39, 0.29) is 39.1 Å². The molecule has 0 amide bonds. The van der Waals surface area contributed by atoms with E-state index in [1.807, 2.05) is 24.3 Å². The molecular weight excluding hydrogens is 592 g/mol. The van der Waals surface area contributed by atoms with Crippen LogP contribution in [0.4, 0.5) is 0 Å². The maximum atomic E-state index is 12.1. The Morgan fingerprint density at radius 1 is 0.913 bits per heavy atom. The Morgan fingerprint density at radius 2 is 1.65 bits per heavy atom. The molecule has 6 heteroatoms. The molecule has 0 unspecified atom stereocenters. The van der Waals surface area contributed by atoms with E-state index in [0.29, 0.717) is 34.6 Å². The van der Waals surface area contributed by atoms with E-state index in [2.05, 4.69) is 58.7 Å². The SMILES string of the molecule is CC(=O)O[C@H]1CC[C@]2(C)[C@H]3CC[C@@H]4C5=C(C(C)C)CC[C@]5(Cc5nnc(-c6ccc(Cl)cc6)o5)CC[C@@]4(C)[C@]3(C)CC[C@H]2C1(C)C. The van der Waals surface area contributed by atoms with Gasteiger partial charge in [0, 0.05) is 34.8 Å². The first kappa shape index (κ1) is 32.4. The van der Waals surface area contributed by atoms with Crippen LogP contribution in [0.2, 0.25) is 5.02 Å². The van der Waals surface area contributed by atoms with Crippen molar-refractivity contribution in [2.75, 3.05) is 0 Å². The van der Waals surface area contributed by atoms with E-state index >= 15 is 0 Å². The van der Waals surface area contributed by atoms with Gasteiger partial charge in [-0.05, 0) is 128 Å². The molecule has 0 N–H and O–H groups in total. The molecule has 5 aliphatic carbocycles. The largest absolute Gasteiger partial charge is 0.462 e. The summed E-state index contributed by atoms with van der Waals surface area (Å²) in [4.78, 5) is 12.1. The number of allylic oxidation sites excluding steroid dienone is 2. The molecule has 0 bridgehead atoms. The summed E-state index contributed by atoms with van der Waals surface area (Å²) in [5.41, 5.74) is 5.33. The van der Waals surface area contributed by atoms with E-state index in [4.69, 9.17) is 20.8 Å². The van der Waals surface area contributed by atoms with Crippen LogP contribution < -0.4 is 0 Å². The average molecular weight is 647 g/mol. The van der Waals surface area contributed by atoms with Crippen LogP contribution in [0.5, 0.6) is 0 Å². The number of ether oxygens (including phenoxy) is 1. The molecule has 0 saturated heterocycles. The van der Waals surface area contributed by atoms with Crippen LogP contribution in [-0.4, -0.2) is 22.3 Å². The van der Waals surface area contributed by atoms with Crippen molar-refractivity contribution in [2.45, 2.75) is 132 Å². The highest BCUT2D eigenvalue weighted by molar-refractivity contribution is 6.30. The Balaban J connectivity index is 1.21. The minimum absolute atomic E-state index is 0.00674. The third kappa shape index (κ3) is 4.63. The molecule has 5 aliphatic rings. The molecule has 4 saturated carbocycles. The van der Waals surface area contributed by atoms with Crippen molar-refractivity contribution in [2.24, 2.45) is 50.7 Å². The lowest BCUT2D eigenvalue weighted by molar-refractivity contribution is -0.232. The van der Waals surface area contributed by atoms with Crippen LogP contribution in [0, 0.1) is 50.7 Å². The lowest BCUT2D eigenvalue weighted by Crippen LogP contribution is -2.65. The van der Waals surface area contributed by atoms with Gasteiger partial charge in [-0.2, -0.15) is 0 Å². The lowest BCUT2D eigenvalue weighted by atomic mass is 9.33. The van der Waals surface area contributed by atoms with Crippen LogP contribution >= 0.6 is 11.6 Å². The summed E-state index contributed by atoms with van der Waals surface area (Å²) in [6.07, 6.45) is 13.0. The number of nitrogens with zero attached hydrogens (tertiary/aromatic N) is 2. The third-order valence-corrected chi connectivity index (χ3v) is 15.4. The first-order valence-corrected chi connectivity index (χ1v) is 18.5. The highest BCUT2D eigenvalue weighted by Crippen LogP contribution is 2.77. The molecule has 7 rings (SSSR count). The summed E-state index contributed by atoms with van der Waals surface area (Å²) < 4.78 is 12.4. The van der Waals surface area contributed by atoms with Crippen LogP contribution in [0.15, 0.2) is 39.8 Å². The zero-order valence-corrected chi connectivity index (χ0v) is 30.2. The maximum Gasteiger partial charge on any atom is 0.302 e. The summed E-state index contributed by atoms with van der Waals surface area (Å²) >= 11 is 6.14. The first-order valence-electron chi connectivity index (χ1n) is 18.1. The predicted molar refractivity (Wildman–Crippen MR) is 183 cm³/mol. The number of carbonyl (C=O) groups excluding carboxylic acids is 1. The minimum atomic E-state index is -0.131. The molecule has 2 aromatic rings. The summed E-state index contributed by atoms with van der Waals surface area (Å²) in [6, 6.07) is 7.68. The van der Waals surface area contributed by atoms with E-state index in [9.17, 15) is 4.79 Å². The maximum absolute atomic E-state index is 12.1. The summed E-state index contributed by atoms with van der Waals surface area (Å²) in [6.45, 7) is 19.2. The van der Waals surface area contributed by atoms with Gasteiger partial charge in [0.25, 0.3) is 0 Å². The van der Waals surface area contributed by atoms with Gasteiger partial charge in [-0.15, -0.1) is 10.2 Å². The third-order valence-electron chi connectivity index (χ3n) is 15.1. The Hall–Kier alpha value is -2.14. The predicted octanol–water partition coefficient (Wildman–Crippen LogP) is 10.7. The van der Waals surface area contributed by atoms with Crippen molar-refractivity contribution in [3.63, 3.8) is 0 Å². The van der Waals surface area contributed by atoms with E-state index in [0.717, 1.165) is 30.7 Å². The van der Waals surface area contributed by atoms with Crippen molar-refractivity contribution >= 4 is 17.6 Å². The van der Waals surface area contributed by atoms with Crippen molar-refractivity contribution < 1.29 is 13.9 Å². The van der Waals surface area contributed by atoms with Gasteiger partial charge < -0.3 is 9.15 Å². The Morgan fingerprint density at radius 3 is 2.35 bits per heavy atom. The number of benzene rings is 1. The minimum Gasteiger partial charge on any atom is -0.462 e. The molecule has 0 aliphatic heterocycles. The monoisotopic (exact) mass is 646 g/mol. The zero-order valence-electron chi connectivity index (χ0n) is 29.5. The van der Waals surface area contributed by atoms with Crippen molar-refractivity contribution in [1.29, 1.82) is 0 Å². The number of aromatic nitrogens is 2. The molecule has 0 spiro atoms. The van der Waals surface area contributed by atoms with E-state index in [1.165, 1.54) is 51.4 Å². The van der Waals surface area contributed by atoms with Gasteiger partial charge in [-0.3, -0.25) is 4.79 Å². The molecule has 4 fully saturated rings. The van der Waals surface area contributed by atoms with Gasteiger partial charge in [0.2, 0.25) is 11.8 Å². The van der Waals surface area contributed by atoms with Gasteiger partial charge >= 0.3 is 5.97 Å². The molecule has 1 heterocycles. The molecule has 1 aromatic heterocycles. The first-order chi connectivity index (χ1) is 21.6. The topological polar surface area (TPSA) is 65.2 Å². The van der Waals surface area contributed by atoms with Crippen molar-refractivity contribution in [1.82, 2.24) is 10.2 Å². The average Bonchev–Trinajstić information content (AvgIpc) is 3.60. The smallest absolute Gasteiger partial charge is 0.302 e. The second kappa shape index (κ2) is 10.9. The number of halogens is 1. The molecule has 46 heavy (non-hydrogen) atoms. The zero-order chi connectivity index (χ0) is 32.9. The van der Waals surface area contributed by atoms with Crippen LogP contribution in [0.1, 0.15) is 125 Å². The second-order valence-electron chi connectivity index (χ2n) is 17.6. The summed E-state index contributed by atoms with van der Waals surface area (Å²) in [5, 5.41) is 9.81. The molecular formula is C40H55ClN2O3. The number of hydrogen-bond donors (Lipinski definition) is 0. The van der Waals surface area contributed by atoms with Gasteiger partial charge in [0.05, 0.1) is 0 Å². The Kier molecular flexibility index (Phi) is 7.71. The fourth-order valence-electron chi connectivity index (χ4n) is 12.8. The molecule has 250 valence electrons. The fraction of sp³-hybridized carbons (Fsp3) is 0.725. The molecule has 8 atom stereocenters. The van der Waals surface area contributed by atoms with Crippen molar-refractivity contribution in [3.05, 3.63) is 46.3 Å². The number of fused-ring (bicyclic) bond motifs is 7. The highest BCUT2D eigenvalue weighted by Gasteiger charge is 2.69. The van der Waals surface area contributed by atoms with Crippen molar-refractivity contribution in [3.8, 4) is 11.5 Å². The fourth-order valence-corrected chi connectivity index (χ4v) is 12.9. The number of esters is 1. The van der Waals surface area contributed by atoms with Crippen LogP contribution in [0.3, 0.4) is 0 Å². The van der Waals surface area contributed by atoms with Gasteiger partial charge in [0.15, 0.2) is 0 Å². The number of rotatable bonds is 5. The highest BCUT2D eigenvalue weighted by atomic mass is 35.5. The second-order valence-corrected chi connectivity index (χ2v) is 18.1. The Labute approximate surface area is 281 Å². The van der Waals surface area contributed by atoms with E-state index < -0.39 is 0 Å². The normalized spacial score (nSPS) is 39.8. The summed E-state index contributed by atoms with van der Waals surface area (Å²) in [7, 11) is 0. The van der Waals surface area contributed by atoms with Gasteiger partial charge in [-0.1, -0.05) is 71.2 Å². The van der Waals surface area contributed by atoms with Gasteiger partial charge in [-0.25, -0.2) is 0 Å².